The molecular weight excluding hydrogens is 414 g/mol. The minimum Gasteiger partial charge on any atom is -0.486 e. The Hall–Kier alpha value is -4.09. The number of fused-ring (bicyclic) bond motifs is 2. The zero-order chi connectivity index (χ0) is 22.2. The zero-order valence-corrected chi connectivity index (χ0v) is 17.7. The Bertz CT molecular complexity index is 1210. The lowest BCUT2D eigenvalue weighted by Crippen LogP contribution is -2.41. The summed E-state index contributed by atoms with van der Waals surface area (Å²) >= 11 is 0. The van der Waals surface area contributed by atoms with E-state index >= 15 is 0 Å². The molecule has 4 N–H and O–H groups in total. The van der Waals surface area contributed by atoms with Crippen molar-refractivity contribution in [1.82, 2.24) is 29.8 Å². The maximum atomic E-state index is 12.9. The van der Waals surface area contributed by atoms with E-state index in [0.717, 1.165) is 0 Å². The smallest absolute Gasteiger partial charge is 0.272 e. The molecule has 2 amide bonds. The number of nitrogens with zero attached hydrogens (tertiary/aromatic N) is 5. The summed E-state index contributed by atoms with van der Waals surface area (Å²) in [4.78, 5) is 35.3. The third-order valence-electron chi connectivity index (χ3n) is 5.51. The van der Waals surface area contributed by atoms with Gasteiger partial charge in [-0.25, -0.2) is 14.5 Å². The highest BCUT2D eigenvalue weighted by molar-refractivity contribution is 5.97. The zero-order valence-electron chi connectivity index (χ0n) is 17.7. The number of pyridine rings is 1. The monoisotopic (exact) mass is 437 g/mol. The summed E-state index contributed by atoms with van der Waals surface area (Å²) < 4.78 is 7.22. The maximum Gasteiger partial charge on any atom is 0.272 e. The summed E-state index contributed by atoms with van der Waals surface area (Å²) in [6.07, 6.45) is 3.69. The predicted molar refractivity (Wildman–Crippen MR) is 118 cm³/mol. The molecule has 1 fully saturated rings. The van der Waals surface area contributed by atoms with Crippen LogP contribution in [0.4, 0.5) is 23.0 Å². The summed E-state index contributed by atoms with van der Waals surface area (Å²) in [5, 5.41) is 16.9. The fourth-order valence-corrected chi connectivity index (χ4v) is 3.84. The van der Waals surface area contributed by atoms with Gasteiger partial charge in [0.1, 0.15) is 12.6 Å². The first-order valence-corrected chi connectivity index (χ1v) is 10.3. The highest BCUT2D eigenvalue weighted by atomic mass is 16.5. The van der Waals surface area contributed by atoms with E-state index in [9.17, 15) is 9.59 Å². The van der Waals surface area contributed by atoms with Gasteiger partial charge in [-0.05, 0) is 12.5 Å². The van der Waals surface area contributed by atoms with E-state index in [1.54, 1.807) is 37.3 Å². The van der Waals surface area contributed by atoms with Gasteiger partial charge in [0.25, 0.3) is 5.91 Å². The number of likely N-dealkylation sites (N-methyl/N-ethyl adjacent to an activating group) is 1. The molecule has 2 aliphatic rings. The normalized spacial score (nSPS) is 17.5. The Morgan fingerprint density at radius 2 is 2.19 bits per heavy atom. The number of hydrogen-bond donors (Lipinski definition) is 4. The average Bonchev–Trinajstić information content (AvgIpc) is 3.37. The molecule has 1 atom stereocenters. The first-order valence-electron chi connectivity index (χ1n) is 10.3. The van der Waals surface area contributed by atoms with Crippen molar-refractivity contribution >= 4 is 40.5 Å². The van der Waals surface area contributed by atoms with Crippen LogP contribution in [0.25, 0.3) is 5.65 Å². The van der Waals surface area contributed by atoms with Gasteiger partial charge in [-0.1, -0.05) is 0 Å². The van der Waals surface area contributed by atoms with Crippen LogP contribution in [0.5, 0.6) is 5.75 Å². The second-order valence-corrected chi connectivity index (χ2v) is 7.58. The lowest BCUT2D eigenvalue weighted by Gasteiger charge is -2.21. The van der Waals surface area contributed by atoms with Gasteiger partial charge in [-0.3, -0.25) is 9.59 Å². The molecule has 3 aromatic heterocycles. The van der Waals surface area contributed by atoms with Crippen molar-refractivity contribution in [3.63, 3.8) is 0 Å². The Morgan fingerprint density at radius 1 is 1.31 bits per heavy atom. The quantitative estimate of drug-likeness (QED) is 0.454. The largest absolute Gasteiger partial charge is 0.486 e. The van der Waals surface area contributed by atoms with E-state index in [-0.39, 0.29) is 11.6 Å². The SMILES string of the molecule is CNc1cc(Nc2ccnc3c2OCCN3)nn2c(C(=O)N[C@@H]3CCN(C)C3=O)cnc12. The van der Waals surface area contributed by atoms with Crippen LogP contribution in [0.2, 0.25) is 0 Å². The molecule has 5 heterocycles. The molecule has 12 nitrogen and oxygen atoms in total. The molecule has 2 aliphatic heterocycles. The van der Waals surface area contributed by atoms with Crippen molar-refractivity contribution in [3.8, 4) is 5.75 Å². The van der Waals surface area contributed by atoms with Gasteiger partial charge in [0.05, 0.1) is 24.1 Å². The molecule has 3 aromatic rings. The molecule has 0 unspecified atom stereocenters. The van der Waals surface area contributed by atoms with Crippen molar-refractivity contribution in [2.75, 3.05) is 49.7 Å². The van der Waals surface area contributed by atoms with Gasteiger partial charge in [0.2, 0.25) is 5.91 Å². The average molecular weight is 437 g/mol. The minimum atomic E-state index is -0.545. The van der Waals surface area contributed by atoms with Crippen LogP contribution < -0.4 is 26.0 Å². The van der Waals surface area contributed by atoms with E-state index < -0.39 is 11.9 Å². The number of carbonyl (C=O) groups is 2. The van der Waals surface area contributed by atoms with Gasteiger partial charge >= 0.3 is 0 Å². The van der Waals surface area contributed by atoms with Gasteiger partial charge < -0.3 is 30.9 Å². The number of aromatic nitrogens is 4. The van der Waals surface area contributed by atoms with Crippen molar-refractivity contribution in [2.45, 2.75) is 12.5 Å². The Labute approximate surface area is 183 Å². The molecule has 12 heteroatoms. The fourth-order valence-electron chi connectivity index (χ4n) is 3.84. The Balaban J connectivity index is 1.48. The topological polar surface area (TPSA) is 138 Å². The number of likely N-dealkylation sites (tertiary alicyclic amines) is 1. The summed E-state index contributed by atoms with van der Waals surface area (Å²) in [6, 6.07) is 3.04. The number of hydrogen-bond acceptors (Lipinski definition) is 9. The van der Waals surface area contributed by atoms with Gasteiger partial charge in [-0.2, -0.15) is 0 Å². The third-order valence-corrected chi connectivity index (χ3v) is 5.51. The van der Waals surface area contributed by atoms with E-state index in [1.807, 2.05) is 0 Å². The molecular formula is C20H23N9O3. The lowest BCUT2D eigenvalue weighted by atomic mass is 10.2. The van der Waals surface area contributed by atoms with Crippen LogP contribution >= 0.6 is 0 Å². The highest BCUT2D eigenvalue weighted by Crippen LogP contribution is 2.35. The second kappa shape index (κ2) is 7.87. The lowest BCUT2D eigenvalue weighted by molar-refractivity contribution is -0.128. The Morgan fingerprint density at radius 3 is 2.97 bits per heavy atom. The molecule has 0 saturated carbocycles. The fraction of sp³-hybridized carbons (Fsp3) is 0.350. The predicted octanol–water partition coefficient (Wildman–Crippen LogP) is 0.674. The first-order chi connectivity index (χ1) is 15.5. The summed E-state index contributed by atoms with van der Waals surface area (Å²) in [7, 11) is 3.49. The number of rotatable bonds is 5. The molecule has 5 rings (SSSR count). The van der Waals surface area contributed by atoms with Crippen molar-refractivity contribution in [2.24, 2.45) is 0 Å². The van der Waals surface area contributed by atoms with Gasteiger partial charge in [-0.15, -0.1) is 5.10 Å². The van der Waals surface area contributed by atoms with Crippen molar-refractivity contribution in [1.29, 1.82) is 0 Å². The molecule has 0 radical (unpaired) electrons. The number of carbonyl (C=O) groups excluding carboxylic acids is 2. The molecule has 0 aromatic carbocycles. The van der Waals surface area contributed by atoms with E-state index in [2.05, 4.69) is 36.3 Å². The first kappa shape index (κ1) is 19.8. The molecule has 0 aliphatic carbocycles. The van der Waals surface area contributed by atoms with E-state index in [0.29, 0.717) is 60.5 Å². The highest BCUT2D eigenvalue weighted by Gasteiger charge is 2.31. The number of anilines is 4. The number of amides is 2. The summed E-state index contributed by atoms with van der Waals surface area (Å²) in [5.74, 6) is 1.23. The summed E-state index contributed by atoms with van der Waals surface area (Å²) in [5.41, 5.74) is 2.10. The van der Waals surface area contributed by atoms with Crippen LogP contribution in [0.1, 0.15) is 16.9 Å². The number of nitrogens with one attached hydrogen (secondary N) is 4. The molecule has 32 heavy (non-hydrogen) atoms. The third kappa shape index (κ3) is 3.39. The standard InChI is InChI=1S/C20H23N9O3/c1-21-13-9-15(25-11-3-5-22-17-16(11)32-8-6-23-17)27-29-14(10-24-18(13)29)19(30)26-12-4-7-28(2)20(12)31/h3,5,9-10,12,21H,4,6-8H2,1-2H3,(H,26,30)(H2,22,23,25,27)/t12-/m1/s1. The van der Waals surface area contributed by atoms with Crippen molar-refractivity contribution in [3.05, 3.63) is 30.2 Å². The van der Waals surface area contributed by atoms with Crippen LogP contribution in [0, 0.1) is 0 Å². The minimum absolute atomic E-state index is 0.102. The van der Waals surface area contributed by atoms with Crippen LogP contribution in [-0.2, 0) is 4.79 Å². The van der Waals surface area contributed by atoms with Gasteiger partial charge in [0.15, 0.2) is 28.7 Å². The molecule has 166 valence electrons. The maximum absolute atomic E-state index is 12.9. The van der Waals surface area contributed by atoms with Crippen LogP contribution in [0.3, 0.4) is 0 Å². The molecule has 1 saturated heterocycles. The van der Waals surface area contributed by atoms with Crippen molar-refractivity contribution < 1.29 is 14.3 Å². The molecule has 0 bridgehead atoms. The Kier molecular flexibility index (Phi) is 4.88. The van der Waals surface area contributed by atoms with Crippen LogP contribution in [-0.4, -0.2) is 76.1 Å². The second-order valence-electron chi connectivity index (χ2n) is 7.58. The summed E-state index contributed by atoms with van der Waals surface area (Å²) in [6.45, 7) is 1.83. The van der Waals surface area contributed by atoms with E-state index in [1.165, 1.54) is 10.7 Å². The van der Waals surface area contributed by atoms with Crippen LogP contribution in [0.15, 0.2) is 24.5 Å². The van der Waals surface area contributed by atoms with E-state index in [4.69, 9.17) is 4.74 Å². The van der Waals surface area contributed by atoms with Gasteiger partial charge in [0, 0.05) is 32.9 Å². The number of ether oxygens (including phenoxy) is 1. The molecule has 0 spiro atoms. The number of imidazole rings is 1.